The maximum atomic E-state index is 11.9. The van der Waals surface area contributed by atoms with E-state index in [9.17, 15) is 14.4 Å². The monoisotopic (exact) mass is 332 g/mol. The minimum Gasteiger partial charge on any atom is -0.497 e. The van der Waals surface area contributed by atoms with Gasteiger partial charge in [-0.05, 0) is 24.3 Å². The third-order valence-corrected chi connectivity index (χ3v) is 4.40. The van der Waals surface area contributed by atoms with Crippen LogP contribution in [0.25, 0.3) is 0 Å². The Hall–Kier alpha value is -2.61. The first-order valence-electron chi connectivity index (χ1n) is 7.76. The second-order valence-electron chi connectivity index (χ2n) is 5.82. The summed E-state index contributed by atoms with van der Waals surface area (Å²) >= 11 is 0. The van der Waals surface area contributed by atoms with Crippen LogP contribution in [0, 0.1) is 0 Å². The summed E-state index contributed by atoms with van der Waals surface area (Å²) in [5.74, 6) is -0.700. The van der Waals surface area contributed by atoms with Crippen molar-refractivity contribution >= 4 is 23.5 Å². The summed E-state index contributed by atoms with van der Waals surface area (Å²) in [6, 6.07) is 7.31. The molecule has 0 aromatic heterocycles. The van der Waals surface area contributed by atoms with Gasteiger partial charge in [0.2, 0.25) is 0 Å². The SMILES string of the molecule is COc1ccc(N2CCN(CN3C(=O)C(=O)N(C)C3=O)CC2)cc1. The number of methoxy groups -OCH3 is 1. The Morgan fingerprint density at radius 2 is 1.58 bits per heavy atom. The highest BCUT2D eigenvalue weighted by atomic mass is 16.5. The second kappa shape index (κ2) is 6.48. The Kier molecular flexibility index (Phi) is 4.39. The summed E-state index contributed by atoms with van der Waals surface area (Å²) in [5, 5.41) is 0. The molecule has 0 radical (unpaired) electrons. The van der Waals surface area contributed by atoms with E-state index in [2.05, 4.69) is 4.90 Å². The highest BCUT2D eigenvalue weighted by molar-refractivity contribution is 6.44. The Balaban J connectivity index is 1.56. The number of amides is 4. The molecule has 4 amide bonds. The van der Waals surface area contributed by atoms with Crippen molar-refractivity contribution in [3.8, 4) is 5.75 Å². The predicted octanol–water partition coefficient (Wildman–Crippen LogP) is 0.195. The van der Waals surface area contributed by atoms with E-state index in [0.29, 0.717) is 13.1 Å². The molecule has 0 saturated carbocycles. The Bertz CT molecular complexity index is 653. The molecular weight excluding hydrogens is 312 g/mol. The van der Waals surface area contributed by atoms with Gasteiger partial charge in [-0.15, -0.1) is 0 Å². The van der Waals surface area contributed by atoms with Crippen LogP contribution in [-0.4, -0.2) is 79.6 Å². The van der Waals surface area contributed by atoms with E-state index in [-0.39, 0.29) is 6.67 Å². The van der Waals surface area contributed by atoms with Gasteiger partial charge in [-0.2, -0.15) is 0 Å². The maximum absolute atomic E-state index is 11.9. The number of hydrogen-bond donors (Lipinski definition) is 0. The van der Waals surface area contributed by atoms with Crippen molar-refractivity contribution in [2.75, 3.05) is 51.9 Å². The lowest BCUT2D eigenvalue weighted by Gasteiger charge is -2.37. The highest BCUT2D eigenvalue weighted by Gasteiger charge is 2.42. The number of benzene rings is 1. The van der Waals surface area contributed by atoms with Crippen LogP contribution >= 0.6 is 0 Å². The maximum Gasteiger partial charge on any atom is 0.335 e. The molecule has 0 unspecified atom stereocenters. The van der Waals surface area contributed by atoms with Crippen LogP contribution in [0.1, 0.15) is 0 Å². The molecule has 2 aliphatic rings. The van der Waals surface area contributed by atoms with Gasteiger partial charge in [0, 0.05) is 38.9 Å². The van der Waals surface area contributed by atoms with Gasteiger partial charge >= 0.3 is 17.8 Å². The van der Waals surface area contributed by atoms with E-state index in [1.165, 1.54) is 7.05 Å². The summed E-state index contributed by atoms with van der Waals surface area (Å²) in [6.07, 6.45) is 0. The molecule has 2 saturated heterocycles. The van der Waals surface area contributed by atoms with Crippen LogP contribution in [0.3, 0.4) is 0 Å². The Morgan fingerprint density at radius 3 is 2.08 bits per heavy atom. The topological polar surface area (TPSA) is 73.4 Å². The van der Waals surface area contributed by atoms with Crippen molar-refractivity contribution in [2.24, 2.45) is 0 Å². The summed E-state index contributed by atoms with van der Waals surface area (Å²) < 4.78 is 5.16. The van der Waals surface area contributed by atoms with Crippen LogP contribution in [0.4, 0.5) is 10.5 Å². The van der Waals surface area contributed by atoms with Crippen molar-refractivity contribution in [1.29, 1.82) is 0 Å². The van der Waals surface area contributed by atoms with Gasteiger partial charge in [-0.1, -0.05) is 0 Å². The first-order chi connectivity index (χ1) is 11.5. The third-order valence-electron chi connectivity index (χ3n) is 4.40. The van der Waals surface area contributed by atoms with Crippen molar-refractivity contribution in [3.63, 3.8) is 0 Å². The van der Waals surface area contributed by atoms with Gasteiger partial charge in [0.15, 0.2) is 0 Å². The number of urea groups is 1. The summed E-state index contributed by atoms with van der Waals surface area (Å²) in [5.41, 5.74) is 1.11. The molecule has 128 valence electrons. The van der Waals surface area contributed by atoms with E-state index in [0.717, 1.165) is 34.3 Å². The van der Waals surface area contributed by atoms with Gasteiger partial charge < -0.3 is 9.64 Å². The van der Waals surface area contributed by atoms with E-state index >= 15 is 0 Å². The van der Waals surface area contributed by atoms with Crippen molar-refractivity contribution < 1.29 is 19.1 Å². The number of likely N-dealkylation sites (N-methyl/N-ethyl adjacent to an activating group) is 1. The number of rotatable bonds is 4. The van der Waals surface area contributed by atoms with Crippen LogP contribution in [0.15, 0.2) is 24.3 Å². The second-order valence-corrected chi connectivity index (χ2v) is 5.82. The van der Waals surface area contributed by atoms with Crippen LogP contribution in [0.5, 0.6) is 5.75 Å². The lowest BCUT2D eigenvalue weighted by molar-refractivity contribution is -0.143. The molecule has 2 fully saturated rings. The van der Waals surface area contributed by atoms with E-state index < -0.39 is 17.8 Å². The van der Waals surface area contributed by atoms with Gasteiger partial charge in [-0.3, -0.25) is 19.4 Å². The molecule has 3 rings (SSSR count). The molecule has 8 nitrogen and oxygen atoms in total. The molecule has 24 heavy (non-hydrogen) atoms. The fraction of sp³-hybridized carbons (Fsp3) is 0.438. The number of anilines is 1. The lowest BCUT2D eigenvalue weighted by Crippen LogP contribution is -2.51. The number of imide groups is 2. The zero-order valence-corrected chi connectivity index (χ0v) is 13.8. The molecule has 0 atom stereocenters. The van der Waals surface area contributed by atoms with E-state index in [1.807, 2.05) is 29.2 Å². The summed E-state index contributed by atoms with van der Waals surface area (Å²) in [6.45, 7) is 3.14. The van der Waals surface area contributed by atoms with Crippen LogP contribution in [-0.2, 0) is 9.59 Å². The molecule has 8 heteroatoms. The summed E-state index contributed by atoms with van der Waals surface area (Å²) in [4.78, 5) is 41.4. The van der Waals surface area contributed by atoms with Crippen molar-refractivity contribution in [3.05, 3.63) is 24.3 Å². The van der Waals surface area contributed by atoms with Crippen molar-refractivity contribution in [1.82, 2.24) is 14.7 Å². The van der Waals surface area contributed by atoms with Crippen molar-refractivity contribution in [2.45, 2.75) is 0 Å². The van der Waals surface area contributed by atoms with Gasteiger partial charge in [-0.25, -0.2) is 9.69 Å². The zero-order valence-electron chi connectivity index (χ0n) is 13.8. The van der Waals surface area contributed by atoms with Gasteiger partial charge in [0.1, 0.15) is 5.75 Å². The Morgan fingerprint density at radius 1 is 0.958 bits per heavy atom. The fourth-order valence-corrected chi connectivity index (χ4v) is 2.88. The quantitative estimate of drug-likeness (QED) is 0.579. The van der Waals surface area contributed by atoms with E-state index in [1.54, 1.807) is 7.11 Å². The molecular formula is C16H20N4O4. The lowest BCUT2D eigenvalue weighted by atomic mass is 10.2. The number of piperazine rings is 1. The number of carbonyl (C=O) groups is 3. The van der Waals surface area contributed by atoms with Gasteiger partial charge in [0.05, 0.1) is 13.8 Å². The van der Waals surface area contributed by atoms with Crippen LogP contribution in [0.2, 0.25) is 0 Å². The van der Waals surface area contributed by atoms with Gasteiger partial charge in [0.25, 0.3) is 0 Å². The number of hydrogen-bond acceptors (Lipinski definition) is 6. The van der Waals surface area contributed by atoms with E-state index in [4.69, 9.17) is 4.74 Å². The zero-order chi connectivity index (χ0) is 17.3. The molecule has 0 aliphatic carbocycles. The summed E-state index contributed by atoms with van der Waals surface area (Å²) in [7, 11) is 2.96. The minimum absolute atomic E-state index is 0.157. The molecule has 1 aromatic carbocycles. The average molecular weight is 332 g/mol. The first-order valence-corrected chi connectivity index (χ1v) is 7.76. The molecule has 2 aliphatic heterocycles. The molecule has 0 N–H and O–H groups in total. The number of ether oxygens (including phenoxy) is 1. The number of carbonyl (C=O) groups excluding carboxylic acids is 3. The third kappa shape index (κ3) is 2.92. The highest BCUT2D eigenvalue weighted by Crippen LogP contribution is 2.21. The standard InChI is InChI=1S/C16H20N4O4/c1-17-14(21)15(22)20(16(17)23)11-18-7-9-19(10-8-18)12-3-5-13(24-2)6-4-12/h3-6H,7-11H2,1-2H3. The average Bonchev–Trinajstić information content (AvgIpc) is 2.80. The normalized spacial score (nSPS) is 19.4. The number of nitrogens with zero attached hydrogens (tertiary/aromatic N) is 4. The van der Waals surface area contributed by atoms with Crippen LogP contribution < -0.4 is 9.64 Å². The minimum atomic E-state index is -0.767. The molecule has 0 spiro atoms. The molecule has 1 aromatic rings. The molecule has 0 bridgehead atoms. The molecule has 2 heterocycles. The smallest absolute Gasteiger partial charge is 0.335 e. The fourth-order valence-electron chi connectivity index (χ4n) is 2.88. The predicted molar refractivity (Wildman–Crippen MR) is 86.7 cm³/mol. The Labute approximate surface area is 140 Å². The first kappa shape index (κ1) is 16.3. The largest absolute Gasteiger partial charge is 0.497 e.